The van der Waals surface area contributed by atoms with Gasteiger partial charge in [0.15, 0.2) is 0 Å². The quantitative estimate of drug-likeness (QED) is 0.389. The van der Waals surface area contributed by atoms with Crippen LogP contribution in [0.5, 0.6) is 0 Å². The van der Waals surface area contributed by atoms with E-state index in [0.717, 1.165) is 0 Å². The third-order valence-electron chi connectivity index (χ3n) is 0.0745. The molecule has 0 saturated carbocycles. The standard InChI is InChI=1S/CH2BNS/c1-2-3-4/h1H2. The SMILES string of the molecule is C=BN=S. The molecule has 0 rings (SSSR count). The van der Waals surface area contributed by atoms with E-state index in [4.69, 9.17) is 0 Å². The van der Waals surface area contributed by atoms with Gasteiger partial charge < -0.3 is 0 Å². The summed E-state index contributed by atoms with van der Waals surface area (Å²) in [6.45, 7) is 3.21. The van der Waals surface area contributed by atoms with Crippen LogP contribution in [0.2, 0.25) is 0 Å². The molecule has 0 spiro atoms. The number of hydrogen-bond donors (Lipinski definition) is 0. The zero-order chi connectivity index (χ0) is 3.41. The van der Waals surface area contributed by atoms with E-state index in [1.807, 2.05) is 0 Å². The van der Waals surface area contributed by atoms with E-state index in [1.165, 1.54) is 7.06 Å². The second kappa shape index (κ2) is 2.95. The van der Waals surface area contributed by atoms with Gasteiger partial charge in [-0.1, -0.05) is 0 Å². The second-order valence-electron chi connectivity index (χ2n) is 0.288. The van der Waals surface area contributed by atoms with E-state index < -0.39 is 0 Å². The summed E-state index contributed by atoms with van der Waals surface area (Å²) in [5.41, 5.74) is 0. The molecule has 0 bridgehead atoms. The molecule has 0 fully saturated rings. The first-order valence-electron chi connectivity index (χ1n) is 0.849. The Kier molecular flexibility index (Phi) is 2.92. The summed E-state index contributed by atoms with van der Waals surface area (Å²) >= 11 is 4.06. The van der Waals surface area contributed by atoms with Crippen molar-refractivity contribution in [3.8, 4) is 0 Å². The van der Waals surface area contributed by atoms with Gasteiger partial charge in [0, 0.05) is 0 Å². The normalized spacial score (nSPS) is 4.00. The fourth-order valence-corrected chi connectivity index (χ4v) is 0. The van der Waals surface area contributed by atoms with Crippen molar-refractivity contribution in [3.63, 3.8) is 0 Å². The zero-order valence-corrected chi connectivity index (χ0v) is 2.96. The average Bonchev–Trinajstić information content (AvgIpc) is 1.37. The molecule has 0 aliphatic rings. The molecule has 0 amide bonds. The molecule has 0 radical (unpaired) electrons. The van der Waals surface area contributed by atoms with Crippen molar-refractivity contribution in [1.82, 2.24) is 0 Å². The Labute approximate surface area is 31.1 Å². The molecule has 0 aromatic rings. The summed E-state index contributed by atoms with van der Waals surface area (Å²) in [5, 5.41) is 0. The van der Waals surface area contributed by atoms with E-state index >= 15 is 0 Å². The molecule has 0 unspecified atom stereocenters. The van der Waals surface area contributed by atoms with Gasteiger partial charge >= 0.3 is 30.2 Å². The predicted molar refractivity (Wildman–Crippen MR) is 22.7 cm³/mol. The molecule has 0 saturated heterocycles. The summed E-state index contributed by atoms with van der Waals surface area (Å²) < 4.78 is 3.08. The van der Waals surface area contributed by atoms with Gasteiger partial charge in [0.05, 0.1) is 0 Å². The molecule has 20 valence electrons. The van der Waals surface area contributed by atoms with Gasteiger partial charge in [0.2, 0.25) is 0 Å². The number of nitrogens with zero attached hydrogens (tertiary/aromatic N) is 1. The van der Waals surface area contributed by atoms with E-state index in [0.29, 0.717) is 0 Å². The van der Waals surface area contributed by atoms with Gasteiger partial charge in [-0.2, -0.15) is 0 Å². The monoisotopic (exact) mass is 71.0 g/mol. The first-order chi connectivity index (χ1) is 1.91. The molecular formula is CH2BNS. The van der Waals surface area contributed by atoms with Crippen LogP contribution in [0.1, 0.15) is 0 Å². The Bertz CT molecular complexity index is 29.0. The van der Waals surface area contributed by atoms with E-state index in [2.05, 4.69) is 23.2 Å². The van der Waals surface area contributed by atoms with Crippen LogP contribution in [0, 0.1) is 0 Å². The van der Waals surface area contributed by atoms with Gasteiger partial charge in [-0.25, -0.2) is 0 Å². The van der Waals surface area contributed by atoms with Crippen molar-refractivity contribution >= 4 is 26.0 Å². The van der Waals surface area contributed by atoms with Crippen molar-refractivity contribution in [3.05, 3.63) is 0 Å². The van der Waals surface area contributed by atoms with Crippen LogP contribution in [0.4, 0.5) is 0 Å². The molecule has 0 N–H and O–H groups in total. The summed E-state index contributed by atoms with van der Waals surface area (Å²) in [6, 6.07) is 0. The van der Waals surface area contributed by atoms with Crippen LogP contribution >= 0.6 is 0 Å². The van der Waals surface area contributed by atoms with E-state index in [-0.39, 0.29) is 0 Å². The maximum absolute atomic E-state index is 4.06. The van der Waals surface area contributed by atoms with Crippen molar-refractivity contribution in [2.24, 2.45) is 4.27 Å². The van der Waals surface area contributed by atoms with Crippen molar-refractivity contribution in [2.75, 3.05) is 0 Å². The van der Waals surface area contributed by atoms with Gasteiger partial charge in [-0.3, -0.25) is 0 Å². The van der Waals surface area contributed by atoms with Crippen LogP contribution in [0.15, 0.2) is 4.27 Å². The van der Waals surface area contributed by atoms with Crippen LogP contribution in [0.25, 0.3) is 0 Å². The second-order valence-corrected chi connectivity index (χ2v) is 0.499. The van der Waals surface area contributed by atoms with Crippen molar-refractivity contribution in [1.29, 1.82) is 0 Å². The molecule has 0 atom stereocenters. The Balaban J connectivity index is 2.73. The van der Waals surface area contributed by atoms with Gasteiger partial charge in [0.1, 0.15) is 0 Å². The molecule has 0 aliphatic heterocycles. The predicted octanol–water partition coefficient (Wildman–Crippen LogP) is -0.232. The summed E-state index contributed by atoms with van der Waals surface area (Å²) in [5.74, 6) is 0. The fraction of sp³-hybridized carbons (Fsp3) is 0. The van der Waals surface area contributed by atoms with Crippen molar-refractivity contribution in [2.45, 2.75) is 0 Å². The Morgan fingerprint density at radius 3 is 2.25 bits per heavy atom. The van der Waals surface area contributed by atoms with Crippen LogP contribution in [-0.4, -0.2) is 13.5 Å². The third-order valence-corrected chi connectivity index (χ3v) is 0.224. The summed E-state index contributed by atoms with van der Waals surface area (Å²) in [4.78, 5) is 0. The average molecular weight is 70.9 g/mol. The fourth-order valence-electron chi connectivity index (χ4n) is 0. The molecule has 1 nitrogen and oxygen atoms in total. The molecular weight excluding hydrogens is 68.9 g/mol. The van der Waals surface area contributed by atoms with Crippen LogP contribution < -0.4 is 0 Å². The molecule has 3 heteroatoms. The number of rotatable bonds is 1. The van der Waals surface area contributed by atoms with Crippen LogP contribution in [-0.2, 0) is 12.4 Å². The molecule has 0 aromatic heterocycles. The topological polar surface area (TPSA) is 12.4 Å². The van der Waals surface area contributed by atoms with Gasteiger partial charge in [-0.05, 0) is 0 Å². The Morgan fingerprint density at radius 1 is 2.00 bits per heavy atom. The molecule has 0 aliphatic carbocycles. The first kappa shape index (κ1) is 3.95. The molecule has 0 heterocycles. The van der Waals surface area contributed by atoms with E-state index in [1.54, 1.807) is 0 Å². The minimum atomic E-state index is 1.31. The Hall–Kier alpha value is -0.0451. The number of hydrogen-bond acceptors (Lipinski definition) is 2. The zero-order valence-electron chi connectivity index (χ0n) is 2.14. The summed E-state index contributed by atoms with van der Waals surface area (Å²) in [7, 11) is 1.31. The third kappa shape index (κ3) is 1.95. The van der Waals surface area contributed by atoms with Crippen LogP contribution in [0.3, 0.4) is 0 Å². The van der Waals surface area contributed by atoms with Crippen molar-refractivity contribution < 1.29 is 0 Å². The van der Waals surface area contributed by atoms with Gasteiger partial charge in [0.25, 0.3) is 0 Å². The first-order valence-corrected chi connectivity index (χ1v) is 1.21. The Morgan fingerprint density at radius 2 is 2.25 bits per heavy atom. The minimum absolute atomic E-state index is 1.31. The van der Waals surface area contributed by atoms with Gasteiger partial charge in [-0.15, -0.1) is 0 Å². The molecule has 0 aromatic carbocycles. The molecule has 4 heavy (non-hydrogen) atoms. The summed E-state index contributed by atoms with van der Waals surface area (Å²) in [6.07, 6.45) is 0. The van der Waals surface area contributed by atoms with E-state index in [9.17, 15) is 0 Å². The maximum atomic E-state index is 4.06.